The number of hydrogen-bond acceptors (Lipinski definition) is 4. The van der Waals surface area contributed by atoms with Gasteiger partial charge < -0.3 is 14.5 Å². The summed E-state index contributed by atoms with van der Waals surface area (Å²) >= 11 is 0. The zero-order valence-corrected chi connectivity index (χ0v) is 41.6. The second-order valence-corrected chi connectivity index (χ2v) is 22.3. The fourth-order valence-electron chi connectivity index (χ4n) is 9.75. The number of rotatable bonds is 8. The molecule has 0 atom stereocenters. The van der Waals surface area contributed by atoms with Crippen LogP contribution in [0.2, 0.25) is 0 Å². The van der Waals surface area contributed by atoms with Gasteiger partial charge in [-0.3, -0.25) is 4.57 Å². The normalized spacial score (nSPS) is 13.4. The molecule has 0 radical (unpaired) electrons. The third-order valence-electron chi connectivity index (χ3n) is 14.1. The van der Waals surface area contributed by atoms with Crippen molar-refractivity contribution in [2.24, 2.45) is 0 Å². The van der Waals surface area contributed by atoms with Crippen LogP contribution >= 0.6 is 0 Å². The molecule has 0 bridgehead atoms. The summed E-state index contributed by atoms with van der Waals surface area (Å²) in [5, 5.41) is 2.34. The van der Waals surface area contributed by atoms with Crippen LogP contribution in [0.15, 0.2) is 176 Å². The van der Waals surface area contributed by atoms with Gasteiger partial charge >= 0.3 is 0 Å². The number of nitrogens with zero attached hydrogens (tertiary/aromatic N) is 4. The van der Waals surface area contributed by atoms with Crippen molar-refractivity contribution >= 4 is 44.6 Å². The predicted molar refractivity (Wildman–Crippen MR) is 287 cm³/mol. The van der Waals surface area contributed by atoms with Crippen LogP contribution in [-0.2, 0) is 21.7 Å². The lowest BCUT2D eigenvalue weighted by Gasteiger charge is -2.32. The lowest BCUT2D eigenvalue weighted by molar-refractivity contribution is 0.483. The average Bonchev–Trinajstić information content (AvgIpc) is 3.87. The number of hydrogen-bond donors (Lipinski definition) is 0. The van der Waals surface area contributed by atoms with Crippen LogP contribution in [-0.4, -0.2) is 16.2 Å². The molecule has 0 amide bonds. The van der Waals surface area contributed by atoms with E-state index in [1.165, 1.54) is 44.6 Å². The monoisotopic (exact) mass is 893 g/mol. The van der Waals surface area contributed by atoms with Crippen molar-refractivity contribution in [3.8, 4) is 28.4 Å². The first-order valence-corrected chi connectivity index (χ1v) is 24.1. The summed E-state index contributed by atoms with van der Waals surface area (Å²) in [6.07, 6.45) is 1.93. The van der Waals surface area contributed by atoms with Gasteiger partial charge in [0.05, 0.1) is 22.4 Å². The van der Waals surface area contributed by atoms with Gasteiger partial charge in [-0.25, -0.2) is 4.98 Å². The quantitative estimate of drug-likeness (QED) is 0.152. The molecule has 0 N–H and O–H groups in total. The minimum Gasteiger partial charge on any atom is -0.457 e. The second-order valence-electron chi connectivity index (χ2n) is 22.3. The van der Waals surface area contributed by atoms with Gasteiger partial charge in [0.1, 0.15) is 24.0 Å². The standard InChI is InChI=1S/C63H64N4O/c1-60(2,3)45-26-29-56-58(37-45)66(50-35-47(62(7,8)9)34-48(36-50)63(10,11)44-22-16-13-17-23-44)41-65(56)49-32-43(42-20-14-12-15-21-42)33-52(39-49)68-51-27-28-54-53-24-18-19-25-55(53)67(57(54)40-51)59-38-46(30-31-64-59)61(4,5)6/h12-40H,41H2,1-11H3. The largest absolute Gasteiger partial charge is 0.457 e. The molecule has 7 aromatic carbocycles. The minimum absolute atomic E-state index is 0.0212. The summed E-state index contributed by atoms with van der Waals surface area (Å²) in [7, 11) is 0. The third kappa shape index (κ3) is 8.33. The van der Waals surface area contributed by atoms with Gasteiger partial charge in [-0.2, -0.15) is 0 Å². The van der Waals surface area contributed by atoms with Gasteiger partial charge in [0.25, 0.3) is 0 Å². The Balaban J connectivity index is 1.11. The SMILES string of the molecule is CC(C)(C)c1cc(N2CN(c3cc(Oc4ccc5c6ccccc6n(-c6cc(C(C)(C)C)ccn6)c5c4)cc(-c4ccccc4)c3)c3ccc(C(C)(C)C)cc32)cc(C(C)(C)c2ccccc2)c1. The van der Waals surface area contributed by atoms with Gasteiger partial charge in [-0.1, -0.05) is 167 Å². The molecule has 2 aromatic heterocycles. The summed E-state index contributed by atoms with van der Waals surface area (Å²) in [4.78, 5) is 9.92. The second kappa shape index (κ2) is 16.6. The van der Waals surface area contributed by atoms with Crippen LogP contribution in [0.25, 0.3) is 38.8 Å². The summed E-state index contributed by atoms with van der Waals surface area (Å²) in [5.41, 5.74) is 15.1. The van der Waals surface area contributed by atoms with Crippen molar-refractivity contribution in [3.63, 3.8) is 0 Å². The van der Waals surface area contributed by atoms with Crippen molar-refractivity contribution in [2.75, 3.05) is 16.5 Å². The van der Waals surface area contributed by atoms with Crippen LogP contribution in [0.3, 0.4) is 0 Å². The highest BCUT2D eigenvalue weighted by Gasteiger charge is 2.33. The molecule has 1 aliphatic heterocycles. The van der Waals surface area contributed by atoms with Crippen molar-refractivity contribution in [2.45, 2.75) is 97.8 Å². The molecule has 0 spiro atoms. The maximum Gasteiger partial charge on any atom is 0.137 e. The van der Waals surface area contributed by atoms with E-state index in [9.17, 15) is 0 Å². The molecule has 5 nitrogen and oxygen atoms in total. The van der Waals surface area contributed by atoms with Crippen LogP contribution in [0, 0.1) is 0 Å². The Morgan fingerprint density at radius 1 is 0.412 bits per heavy atom. The molecular formula is C63H64N4O. The molecule has 342 valence electrons. The van der Waals surface area contributed by atoms with E-state index < -0.39 is 0 Å². The van der Waals surface area contributed by atoms with Crippen molar-refractivity contribution in [1.82, 2.24) is 9.55 Å². The topological polar surface area (TPSA) is 33.5 Å². The lowest BCUT2D eigenvalue weighted by atomic mass is 9.75. The number of ether oxygens (including phenoxy) is 1. The van der Waals surface area contributed by atoms with Gasteiger partial charge in [-0.15, -0.1) is 0 Å². The van der Waals surface area contributed by atoms with Crippen LogP contribution < -0.4 is 14.5 Å². The number of pyridine rings is 1. The zero-order valence-electron chi connectivity index (χ0n) is 41.6. The molecule has 0 saturated carbocycles. The Morgan fingerprint density at radius 3 is 1.75 bits per heavy atom. The number of benzene rings is 7. The molecule has 0 unspecified atom stereocenters. The summed E-state index contributed by atoms with van der Waals surface area (Å²) in [6.45, 7) is 25.9. The Morgan fingerprint density at radius 2 is 1.03 bits per heavy atom. The molecule has 0 saturated heterocycles. The Bertz CT molecular complexity index is 3320. The highest BCUT2D eigenvalue weighted by Crippen LogP contribution is 2.49. The summed E-state index contributed by atoms with van der Waals surface area (Å²) in [6, 6.07) is 62.0. The molecule has 0 aliphatic carbocycles. The van der Waals surface area contributed by atoms with E-state index in [0.29, 0.717) is 6.67 Å². The van der Waals surface area contributed by atoms with Crippen LogP contribution in [0.1, 0.15) is 104 Å². The molecule has 68 heavy (non-hydrogen) atoms. The summed E-state index contributed by atoms with van der Waals surface area (Å²) in [5.74, 6) is 2.42. The molecule has 1 aliphatic rings. The third-order valence-corrected chi connectivity index (χ3v) is 14.1. The first kappa shape index (κ1) is 44.7. The minimum atomic E-state index is -0.215. The van der Waals surface area contributed by atoms with Gasteiger partial charge in [-0.05, 0) is 122 Å². The predicted octanol–water partition coefficient (Wildman–Crippen LogP) is 17.1. The molecule has 10 rings (SSSR count). The highest BCUT2D eigenvalue weighted by molar-refractivity contribution is 6.09. The number of fused-ring (bicyclic) bond motifs is 4. The molecule has 9 aromatic rings. The molecule has 5 heteroatoms. The Kier molecular flexibility index (Phi) is 10.9. The molecule has 3 heterocycles. The van der Waals surface area contributed by atoms with Crippen LogP contribution in [0.5, 0.6) is 11.5 Å². The van der Waals surface area contributed by atoms with E-state index >= 15 is 0 Å². The van der Waals surface area contributed by atoms with E-state index in [2.05, 4.69) is 260 Å². The maximum atomic E-state index is 7.05. The van der Waals surface area contributed by atoms with E-state index in [0.717, 1.165) is 56.2 Å². The molecule has 0 fully saturated rings. The van der Waals surface area contributed by atoms with E-state index in [-0.39, 0.29) is 21.7 Å². The van der Waals surface area contributed by atoms with Crippen molar-refractivity contribution < 1.29 is 4.74 Å². The van der Waals surface area contributed by atoms with E-state index in [4.69, 9.17) is 9.72 Å². The van der Waals surface area contributed by atoms with Gasteiger partial charge in [0.15, 0.2) is 0 Å². The maximum absolute atomic E-state index is 7.05. The number of para-hydroxylation sites is 1. The number of aromatic nitrogens is 2. The smallest absolute Gasteiger partial charge is 0.137 e. The lowest BCUT2D eigenvalue weighted by Crippen LogP contribution is -2.26. The van der Waals surface area contributed by atoms with Crippen molar-refractivity contribution in [1.29, 1.82) is 0 Å². The fraction of sp³-hybridized carbons (Fsp3) is 0.254. The van der Waals surface area contributed by atoms with Crippen LogP contribution in [0.4, 0.5) is 22.7 Å². The average molecular weight is 893 g/mol. The van der Waals surface area contributed by atoms with Gasteiger partial charge in [0.2, 0.25) is 0 Å². The Labute approximate surface area is 403 Å². The Hall–Kier alpha value is -7.11. The van der Waals surface area contributed by atoms with E-state index in [1.807, 2.05) is 6.20 Å². The first-order valence-electron chi connectivity index (χ1n) is 24.1. The number of anilines is 4. The van der Waals surface area contributed by atoms with Gasteiger partial charge in [0, 0.05) is 45.9 Å². The van der Waals surface area contributed by atoms with Crippen molar-refractivity contribution in [3.05, 3.63) is 204 Å². The first-order chi connectivity index (χ1) is 32.3. The highest BCUT2D eigenvalue weighted by atomic mass is 16.5. The molecular weight excluding hydrogens is 829 g/mol. The summed E-state index contributed by atoms with van der Waals surface area (Å²) < 4.78 is 9.33. The van der Waals surface area contributed by atoms with E-state index in [1.54, 1.807) is 0 Å². The fourth-order valence-corrected chi connectivity index (χ4v) is 9.75. The zero-order chi connectivity index (χ0) is 47.8.